The minimum absolute atomic E-state index is 0.379. The van der Waals surface area contributed by atoms with Gasteiger partial charge in [-0.05, 0) is 35.9 Å². The van der Waals surface area contributed by atoms with Crippen molar-refractivity contribution < 1.29 is 8.78 Å². The summed E-state index contributed by atoms with van der Waals surface area (Å²) in [4.78, 5) is 0. The molecule has 0 saturated carbocycles. The van der Waals surface area contributed by atoms with Gasteiger partial charge in [0.2, 0.25) is 0 Å². The zero-order valence-electron chi connectivity index (χ0n) is 10.8. The molecule has 1 atom stereocenters. The highest BCUT2D eigenvalue weighted by atomic mass is 35.5. The maximum atomic E-state index is 13.4. The maximum Gasteiger partial charge on any atom is 0.126 e. The fourth-order valence-electron chi connectivity index (χ4n) is 2.10. The van der Waals surface area contributed by atoms with Crippen LogP contribution in [0.4, 0.5) is 8.78 Å². The van der Waals surface area contributed by atoms with Gasteiger partial charge in [-0.1, -0.05) is 42.3 Å². The second-order valence-corrected chi connectivity index (χ2v) is 5.12. The van der Waals surface area contributed by atoms with Gasteiger partial charge in [0.1, 0.15) is 11.6 Å². The van der Waals surface area contributed by atoms with Crippen molar-refractivity contribution in [2.75, 3.05) is 6.54 Å². The van der Waals surface area contributed by atoms with Gasteiger partial charge in [-0.15, -0.1) is 0 Å². The molecule has 1 nitrogen and oxygen atoms in total. The largest absolute Gasteiger partial charge is 0.306 e. The smallest absolute Gasteiger partial charge is 0.126 e. The lowest BCUT2D eigenvalue weighted by Crippen LogP contribution is -2.22. The summed E-state index contributed by atoms with van der Waals surface area (Å²) in [6.45, 7) is 2.52. The lowest BCUT2D eigenvalue weighted by molar-refractivity contribution is 0.565. The van der Waals surface area contributed by atoms with Crippen LogP contribution in [0.3, 0.4) is 0 Å². The third kappa shape index (κ3) is 3.29. The maximum absolute atomic E-state index is 13.4. The van der Waals surface area contributed by atoms with E-state index in [1.807, 2.05) is 6.92 Å². The molecule has 0 spiro atoms. The molecule has 0 bridgehead atoms. The molecule has 0 aliphatic carbocycles. The molecule has 20 heavy (non-hydrogen) atoms. The molecule has 5 heteroatoms. The summed E-state index contributed by atoms with van der Waals surface area (Å²) in [6, 6.07) is 8.19. The Kier molecular flexibility index (Phi) is 4.97. The quantitative estimate of drug-likeness (QED) is 0.840. The predicted octanol–water partition coefficient (Wildman–Crippen LogP) is 4.97. The van der Waals surface area contributed by atoms with Crippen LogP contribution in [-0.4, -0.2) is 6.54 Å². The summed E-state index contributed by atoms with van der Waals surface area (Å²) in [5.41, 5.74) is 1.15. The molecule has 2 rings (SSSR count). The van der Waals surface area contributed by atoms with Gasteiger partial charge in [-0.3, -0.25) is 0 Å². The van der Waals surface area contributed by atoms with E-state index in [1.165, 1.54) is 12.1 Å². The molecule has 1 unspecified atom stereocenters. The van der Waals surface area contributed by atoms with E-state index < -0.39 is 17.7 Å². The van der Waals surface area contributed by atoms with Crippen LogP contribution in [-0.2, 0) is 0 Å². The van der Waals surface area contributed by atoms with E-state index in [4.69, 9.17) is 23.2 Å². The third-order valence-corrected chi connectivity index (χ3v) is 3.75. The molecule has 2 aromatic rings. The number of halogens is 4. The Bertz CT molecular complexity index is 597. The SMILES string of the molecule is CCNC(c1cc(F)cc(F)c1)c1cccc(Cl)c1Cl. The van der Waals surface area contributed by atoms with Gasteiger partial charge in [-0.2, -0.15) is 0 Å². The molecule has 0 aliphatic heterocycles. The number of nitrogens with one attached hydrogen (secondary N) is 1. The Morgan fingerprint density at radius 2 is 1.75 bits per heavy atom. The van der Waals surface area contributed by atoms with Gasteiger partial charge in [0.15, 0.2) is 0 Å². The standard InChI is InChI=1S/C15H13Cl2F2N/c1-2-20-15(9-6-10(18)8-11(19)7-9)12-4-3-5-13(16)14(12)17/h3-8,15,20H,2H2,1H3. The summed E-state index contributed by atoms with van der Waals surface area (Å²) in [5, 5.41) is 3.95. The molecular formula is C15H13Cl2F2N. The van der Waals surface area contributed by atoms with Crippen molar-refractivity contribution in [3.8, 4) is 0 Å². The zero-order valence-corrected chi connectivity index (χ0v) is 12.3. The van der Waals surface area contributed by atoms with E-state index in [1.54, 1.807) is 18.2 Å². The van der Waals surface area contributed by atoms with Crippen LogP contribution in [0, 0.1) is 11.6 Å². The molecule has 0 amide bonds. The molecule has 0 aliphatic rings. The van der Waals surface area contributed by atoms with E-state index in [0.717, 1.165) is 6.07 Å². The zero-order chi connectivity index (χ0) is 14.7. The van der Waals surface area contributed by atoms with Gasteiger partial charge in [0, 0.05) is 6.07 Å². The molecule has 0 heterocycles. The Balaban J connectivity index is 2.53. The fraction of sp³-hybridized carbons (Fsp3) is 0.200. The van der Waals surface area contributed by atoms with E-state index in [9.17, 15) is 8.78 Å². The lowest BCUT2D eigenvalue weighted by Gasteiger charge is -2.20. The van der Waals surface area contributed by atoms with Gasteiger partial charge < -0.3 is 5.32 Å². The van der Waals surface area contributed by atoms with E-state index in [2.05, 4.69) is 5.32 Å². The van der Waals surface area contributed by atoms with Crippen molar-refractivity contribution >= 4 is 23.2 Å². The molecule has 2 aromatic carbocycles. The summed E-state index contributed by atoms with van der Waals surface area (Å²) < 4.78 is 26.8. The van der Waals surface area contributed by atoms with Gasteiger partial charge >= 0.3 is 0 Å². The van der Waals surface area contributed by atoms with Crippen LogP contribution in [0.15, 0.2) is 36.4 Å². The third-order valence-electron chi connectivity index (χ3n) is 2.92. The van der Waals surface area contributed by atoms with Crippen molar-refractivity contribution in [2.24, 2.45) is 0 Å². The minimum atomic E-state index is -0.624. The fourth-order valence-corrected chi connectivity index (χ4v) is 2.51. The number of benzene rings is 2. The summed E-state index contributed by atoms with van der Waals surface area (Å²) in [5.74, 6) is -1.25. The predicted molar refractivity (Wildman–Crippen MR) is 78.3 cm³/mol. The normalized spacial score (nSPS) is 12.4. The average Bonchev–Trinajstić information content (AvgIpc) is 2.38. The number of hydrogen-bond donors (Lipinski definition) is 1. The summed E-state index contributed by atoms with van der Waals surface area (Å²) >= 11 is 12.2. The second kappa shape index (κ2) is 6.53. The summed E-state index contributed by atoms with van der Waals surface area (Å²) in [6.07, 6.45) is 0. The number of rotatable bonds is 4. The van der Waals surface area contributed by atoms with Crippen LogP contribution in [0.2, 0.25) is 10.0 Å². The minimum Gasteiger partial charge on any atom is -0.306 e. The molecule has 106 valence electrons. The molecule has 0 aromatic heterocycles. The Morgan fingerprint density at radius 3 is 2.35 bits per heavy atom. The Morgan fingerprint density at radius 1 is 1.10 bits per heavy atom. The first-order valence-electron chi connectivity index (χ1n) is 6.16. The molecule has 0 saturated heterocycles. The first-order chi connectivity index (χ1) is 9.52. The first-order valence-corrected chi connectivity index (χ1v) is 6.91. The van der Waals surface area contributed by atoms with Gasteiger partial charge in [0.05, 0.1) is 16.1 Å². The van der Waals surface area contributed by atoms with Crippen molar-refractivity contribution in [1.82, 2.24) is 5.32 Å². The molecular weight excluding hydrogens is 303 g/mol. The van der Waals surface area contributed by atoms with E-state index in [0.29, 0.717) is 27.7 Å². The lowest BCUT2D eigenvalue weighted by atomic mass is 9.98. The van der Waals surface area contributed by atoms with E-state index in [-0.39, 0.29) is 0 Å². The van der Waals surface area contributed by atoms with Crippen LogP contribution < -0.4 is 5.32 Å². The van der Waals surface area contributed by atoms with Crippen molar-refractivity contribution in [1.29, 1.82) is 0 Å². The highest BCUT2D eigenvalue weighted by molar-refractivity contribution is 6.42. The van der Waals surface area contributed by atoms with Crippen molar-refractivity contribution in [2.45, 2.75) is 13.0 Å². The molecule has 1 N–H and O–H groups in total. The second-order valence-electron chi connectivity index (χ2n) is 4.34. The highest BCUT2D eigenvalue weighted by Gasteiger charge is 2.18. The topological polar surface area (TPSA) is 12.0 Å². The van der Waals surface area contributed by atoms with Gasteiger partial charge in [-0.25, -0.2) is 8.78 Å². The van der Waals surface area contributed by atoms with E-state index >= 15 is 0 Å². The first kappa shape index (κ1) is 15.2. The Hall–Kier alpha value is -1.16. The van der Waals surface area contributed by atoms with Gasteiger partial charge in [0.25, 0.3) is 0 Å². The van der Waals surface area contributed by atoms with Crippen molar-refractivity contribution in [3.05, 3.63) is 69.2 Å². The average molecular weight is 316 g/mol. The van der Waals surface area contributed by atoms with Crippen molar-refractivity contribution in [3.63, 3.8) is 0 Å². The molecule has 0 radical (unpaired) electrons. The number of hydrogen-bond acceptors (Lipinski definition) is 1. The summed E-state index contributed by atoms with van der Waals surface area (Å²) in [7, 11) is 0. The monoisotopic (exact) mass is 315 g/mol. The van der Waals surface area contributed by atoms with Crippen LogP contribution in [0.5, 0.6) is 0 Å². The molecule has 0 fully saturated rings. The van der Waals surface area contributed by atoms with Crippen LogP contribution in [0.1, 0.15) is 24.1 Å². The van der Waals surface area contributed by atoms with Crippen LogP contribution in [0.25, 0.3) is 0 Å². The highest BCUT2D eigenvalue weighted by Crippen LogP contribution is 2.33. The van der Waals surface area contributed by atoms with Crippen LogP contribution >= 0.6 is 23.2 Å². The Labute approximate surface area is 126 Å².